The van der Waals surface area contributed by atoms with Crippen molar-refractivity contribution in [2.24, 2.45) is 0 Å². The summed E-state index contributed by atoms with van der Waals surface area (Å²) in [5, 5.41) is 5.48. The Hall–Kier alpha value is -2.59. The first-order chi connectivity index (χ1) is 15.4. The molecule has 1 aliphatic heterocycles. The number of aryl methyl sites for hydroxylation is 1. The summed E-state index contributed by atoms with van der Waals surface area (Å²) in [6.45, 7) is 3.48. The van der Waals surface area contributed by atoms with E-state index in [1.807, 2.05) is 24.0 Å². The zero-order valence-corrected chi connectivity index (χ0v) is 21.9. The highest BCUT2D eigenvalue weighted by Gasteiger charge is 2.31. The number of likely N-dealkylation sites (N-methyl/N-ethyl adjacent to an activating group) is 1. The number of hydrogen-bond donors (Lipinski definition) is 1. The Morgan fingerprint density at radius 1 is 1.24 bits per heavy atom. The average Bonchev–Trinajstić information content (AvgIpc) is 3.49. The van der Waals surface area contributed by atoms with E-state index < -0.39 is 0 Å². The Morgan fingerprint density at radius 3 is 2.68 bits per heavy atom. The molecule has 0 aliphatic carbocycles. The van der Waals surface area contributed by atoms with Crippen LogP contribution in [0.25, 0.3) is 26.0 Å². The van der Waals surface area contributed by atoms with Gasteiger partial charge in [-0.3, -0.25) is 4.79 Å². The number of ether oxygens (including phenoxy) is 1. The number of rotatable bonds is 4. The number of aromatic nitrogens is 3. The smallest absolute Gasteiger partial charge is 0.272 e. The molecule has 1 unspecified atom stereocenters. The standard InChI is InChI=1S/C23H26N6O2S.2ClH/c1-13-7-14-9-19(32-21(14)18(8-13)31-4)16-10-17(29-20(16)22(24)25-12-26-29)23(30)28-6-5-15(11-28)27(2)3;;/h7-10,12,15H,5-6,11H2,1-4H3,(H2,24,25,26);2*1H. The van der Waals surface area contributed by atoms with Crippen LogP contribution in [-0.4, -0.2) is 70.6 Å². The summed E-state index contributed by atoms with van der Waals surface area (Å²) < 4.78 is 8.29. The molecule has 2 N–H and O–H groups in total. The number of nitrogens with two attached hydrogens (primary N) is 1. The first kappa shape index (κ1) is 26.0. The predicted molar refractivity (Wildman–Crippen MR) is 142 cm³/mol. The highest BCUT2D eigenvalue weighted by atomic mass is 35.5. The highest BCUT2D eigenvalue weighted by Crippen LogP contribution is 2.42. The van der Waals surface area contributed by atoms with Gasteiger partial charge in [0, 0.05) is 29.6 Å². The first-order valence-electron chi connectivity index (χ1n) is 10.5. The van der Waals surface area contributed by atoms with Gasteiger partial charge in [0.1, 0.15) is 23.3 Å². The van der Waals surface area contributed by atoms with Gasteiger partial charge in [0.25, 0.3) is 5.91 Å². The second-order valence-electron chi connectivity index (χ2n) is 8.50. The third kappa shape index (κ3) is 4.29. The lowest BCUT2D eigenvalue weighted by atomic mass is 10.1. The van der Waals surface area contributed by atoms with Crippen LogP contribution >= 0.6 is 36.2 Å². The zero-order valence-electron chi connectivity index (χ0n) is 19.4. The van der Waals surface area contributed by atoms with Gasteiger partial charge in [0.05, 0.1) is 11.8 Å². The fraction of sp³-hybridized carbons (Fsp3) is 0.348. The topological polar surface area (TPSA) is 89.0 Å². The maximum Gasteiger partial charge on any atom is 0.272 e. The Kier molecular flexibility index (Phi) is 7.62. The fourth-order valence-electron chi connectivity index (χ4n) is 4.47. The number of benzene rings is 1. The van der Waals surface area contributed by atoms with E-state index in [4.69, 9.17) is 10.5 Å². The van der Waals surface area contributed by atoms with Crippen LogP contribution in [0.3, 0.4) is 0 Å². The molecule has 1 fully saturated rings. The summed E-state index contributed by atoms with van der Waals surface area (Å²) in [7, 11) is 5.78. The number of nitrogen functional groups attached to an aromatic ring is 1. The molecule has 4 aromatic rings. The summed E-state index contributed by atoms with van der Waals surface area (Å²) in [5.74, 6) is 1.15. The van der Waals surface area contributed by atoms with Gasteiger partial charge < -0.3 is 20.3 Å². The van der Waals surface area contributed by atoms with Crippen LogP contribution < -0.4 is 10.5 Å². The minimum Gasteiger partial charge on any atom is -0.495 e. The summed E-state index contributed by atoms with van der Waals surface area (Å²) in [6, 6.07) is 8.54. The second kappa shape index (κ2) is 9.95. The molecule has 0 spiro atoms. The van der Waals surface area contributed by atoms with Crippen molar-refractivity contribution in [2.45, 2.75) is 19.4 Å². The molecule has 3 aromatic heterocycles. The number of thiophene rings is 1. The Labute approximate surface area is 214 Å². The second-order valence-corrected chi connectivity index (χ2v) is 9.55. The number of halogens is 2. The van der Waals surface area contributed by atoms with E-state index in [1.165, 1.54) is 6.33 Å². The van der Waals surface area contributed by atoms with Crippen molar-refractivity contribution in [1.29, 1.82) is 0 Å². The molecular formula is C23H28Cl2N6O2S. The minimum atomic E-state index is -0.0387. The van der Waals surface area contributed by atoms with Gasteiger partial charge in [0.2, 0.25) is 0 Å². The molecule has 0 saturated carbocycles. The van der Waals surface area contributed by atoms with Crippen molar-refractivity contribution >= 4 is 63.5 Å². The molecule has 1 aliphatic rings. The molecule has 11 heteroatoms. The zero-order chi connectivity index (χ0) is 22.6. The third-order valence-electron chi connectivity index (χ3n) is 6.19. The van der Waals surface area contributed by atoms with E-state index in [0.29, 0.717) is 29.6 Å². The first-order valence-corrected chi connectivity index (χ1v) is 11.4. The molecule has 4 heterocycles. The highest BCUT2D eigenvalue weighted by molar-refractivity contribution is 7.22. The largest absolute Gasteiger partial charge is 0.495 e. The SMILES string of the molecule is COc1cc(C)cc2cc(-c3cc(C(=O)N4CCC(N(C)C)C4)n4ncnc(N)c34)sc12.Cl.Cl. The van der Waals surface area contributed by atoms with Crippen molar-refractivity contribution in [2.75, 3.05) is 40.0 Å². The summed E-state index contributed by atoms with van der Waals surface area (Å²) in [5.41, 5.74) is 9.42. The van der Waals surface area contributed by atoms with Crippen LogP contribution in [0.1, 0.15) is 22.5 Å². The quantitative estimate of drug-likeness (QED) is 0.433. The van der Waals surface area contributed by atoms with Crippen LogP contribution in [0, 0.1) is 6.92 Å². The van der Waals surface area contributed by atoms with E-state index in [2.05, 4.69) is 41.2 Å². The number of anilines is 1. The maximum atomic E-state index is 13.5. The lowest BCUT2D eigenvalue weighted by molar-refractivity contribution is 0.0775. The molecule has 1 atom stereocenters. The molecule has 182 valence electrons. The van der Waals surface area contributed by atoms with Crippen LogP contribution in [0.15, 0.2) is 30.6 Å². The van der Waals surface area contributed by atoms with Gasteiger partial charge in [-0.15, -0.1) is 36.2 Å². The molecule has 0 radical (unpaired) electrons. The number of methoxy groups -OCH3 is 1. The van der Waals surface area contributed by atoms with Crippen LogP contribution in [0.5, 0.6) is 5.75 Å². The number of carbonyl (C=O) groups excluding carboxylic acids is 1. The van der Waals surface area contributed by atoms with E-state index >= 15 is 0 Å². The molecule has 5 rings (SSSR count). The summed E-state index contributed by atoms with van der Waals surface area (Å²) in [6.07, 6.45) is 2.36. The molecule has 1 amide bonds. The summed E-state index contributed by atoms with van der Waals surface area (Å²) in [4.78, 5) is 22.7. The number of nitrogens with zero attached hydrogens (tertiary/aromatic N) is 5. The average molecular weight is 523 g/mol. The summed E-state index contributed by atoms with van der Waals surface area (Å²) >= 11 is 1.61. The lowest BCUT2D eigenvalue weighted by Crippen LogP contribution is -2.35. The Balaban J connectivity index is 0.00000162. The molecular weight excluding hydrogens is 495 g/mol. The van der Waals surface area contributed by atoms with Crippen LogP contribution in [0.4, 0.5) is 5.82 Å². The van der Waals surface area contributed by atoms with Crippen molar-refractivity contribution in [3.8, 4) is 16.2 Å². The van der Waals surface area contributed by atoms with Crippen molar-refractivity contribution in [3.05, 3.63) is 41.9 Å². The van der Waals surface area contributed by atoms with Gasteiger partial charge in [-0.25, -0.2) is 9.50 Å². The third-order valence-corrected chi connectivity index (χ3v) is 7.39. The normalized spacial score (nSPS) is 15.6. The van der Waals surface area contributed by atoms with Crippen molar-refractivity contribution < 1.29 is 9.53 Å². The number of amides is 1. The van der Waals surface area contributed by atoms with Crippen molar-refractivity contribution in [3.63, 3.8) is 0 Å². The lowest BCUT2D eigenvalue weighted by Gasteiger charge is -2.20. The molecule has 1 aromatic carbocycles. The fourth-order valence-corrected chi connectivity index (χ4v) is 5.62. The Morgan fingerprint density at radius 2 is 2.00 bits per heavy atom. The van der Waals surface area contributed by atoms with E-state index in [-0.39, 0.29) is 30.7 Å². The molecule has 8 nitrogen and oxygen atoms in total. The number of hydrogen-bond acceptors (Lipinski definition) is 7. The molecule has 1 saturated heterocycles. The molecule has 0 bridgehead atoms. The number of fused-ring (bicyclic) bond motifs is 2. The maximum absolute atomic E-state index is 13.5. The van der Waals surface area contributed by atoms with Gasteiger partial charge in [-0.1, -0.05) is 6.07 Å². The van der Waals surface area contributed by atoms with E-state index in [0.717, 1.165) is 44.8 Å². The van der Waals surface area contributed by atoms with E-state index in [9.17, 15) is 4.79 Å². The number of carbonyl (C=O) groups is 1. The molecule has 34 heavy (non-hydrogen) atoms. The van der Waals surface area contributed by atoms with Gasteiger partial charge in [0.15, 0.2) is 5.82 Å². The van der Waals surface area contributed by atoms with Gasteiger partial charge in [-0.05, 0) is 56.6 Å². The van der Waals surface area contributed by atoms with Crippen molar-refractivity contribution in [1.82, 2.24) is 24.4 Å². The minimum absolute atomic E-state index is 0. The Bertz CT molecular complexity index is 1350. The number of likely N-dealkylation sites (tertiary alicyclic amines) is 1. The van der Waals surface area contributed by atoms with Crippen LogP contribution in [0.2, 0.25) is 0 Å². The van der Waals surface area contributed by atoms with Gasteiger partial charge >= 0.3 is 0 Å². The van der Waals surface area contributed by atoms with Gasteiger partial charge in [-0.2, -0.15) is 5.10 Å². The van der Waals surface area contributed by atoms with E-state index in [1.54, 1.807) is 23.0 Å². The monoisotopic (exact) mass is 522 g/mol. The van der Waals surface area contributed by atoms with Crippen LogP contribution in [-0.2, 0) is 0 Å². The predicted octanol–water partition coefficient (Wildman–Crippen LogP) is 4.13.